The summed E-state index contributed by atoms with van der Waals surface area (Å²) in [6.07, 6.45) is 0.457. The molecule has 140 valence electrons. The van der Waals surface area contributed by atoms with Crippen molar-refractivity contribution in [1.29, 1.82) is 0 Å². The first-order chi connectivity index (χ1) is 12.9. The van der Waals surface area contributed by atoms with Gasteiger partial charge in [-0.2, -0.15) is 0 Å². The molecule has 6 heteroatoms. The fraction of sp³-hybridized carbons (Fsp3) is 0.286. The molecule has 0 fully saturated rings. The first kappa shape index (κ1) is 18.8. The van der Waals surface area contributed by atoms with Gasteiger partial charge in [-0.1, -0.05) is 49.4 Å². The summed E-state index contributed by atoms with van der Waals surface area (Å²) in [5, 5.41) is 11.1. The Kier molecular flexibility index (Phi) is 5.10. The second-order valence-corrected chi connectivity index (χ2v) is 6.50. The maximum Gasteiger partial charge on any atom is 0.325 e. The molecule has 6 nitrogen and oxygen atoms in total. The Labute approximate surface area is 157 Å². The minimum absolute atomic E-state index is 0.317. The predicted octanol–water partition coefficient (Wildman–Crippen LogP) is 2.23. The van der Waals surface area contributed by atoms with Gasteiger partial charge < -0.3 is 9.84 Å². The van der Waals surface area contributed by atoms with Crippen LogP contribution in [0.3, 0.4) is 0 Å². The second kappa shape index (κ2) is 7.32. The third-order valence-corrected chi connectivity index (χ3v) is 4.85. The number of ketones is 1. The van der Waals surface area contributed by atoms with Crippen molar-refractivity contribution in [2.75, 3.05) is 18.6 Å². The van der Waals surface area contributed by atoms with Gasteiger partial charge in [-0.3, -0.25) is 19.3 Å². The van der Waals surface area contributed by atoms with Gasteiger partial charge in [0.1, 0.15) is 6.54 Å². The average molecular weight is 367 g/mol. The number of carbonyl (C=O) groups excluding carboxylic acids is 3. The summed E-state index contributed by atoms with van der Waals surface area (Å²) in [6.45, 7) is 1.69. The zero-order valence-electron chi connectivity index (χ0n) is 15.3. The van der Waals surface area contributed by atoms with Crippen molar-refractivity contribution in [3.8, 4) is 0 Å². The monoisotopic (exact) mass is 367 g/mol. The number of anilines is 1. The molecule has 2 aromatic rings. The SMILES string of the molecule is CCc1ccc(C(=O)CC2(O)C(=O)N(CC(=O)OC)c3ccccc32)cc1. The molecule has 0 aliphatic carbocycles. The molecule has 1 aliphatic heterocycles. The van der Waals surface area contributed by atoms with Gasteiger partial charge in [0.2, 0.25) is 0 Å². The Morgan fingerprint density at radius 1 is 1.11 bits per heavy atom. The van der Waals surface area contributed by atoms with E-state index in [-0.39, 0.29) is 12.3 Å². The van der Waals surface area contributed by atoms with Gasteiger partial charge in [-0.25, -0.2) is 0 Å². The Morgan fingerprint density at radius 2 is 1.78 bits per heavy atom. The van der Waals surface area contributed by atoms with Crippen molar-refractivity contribution in [3.05, 3.63) is 65.2 Å². The third kappa shape index (κ3) is 3.36. The normalized spacial score (nSPS) is 18.3. The molecule has 0 saturated heterocycles. The van der Waals surface area contributed by atoms with Gasteiger partial charge in [-0.15, -0.1) is 0 Å². The fourth-order valence-electron chi connectivity index (χ4n) is 3.29. The second-order valence-electron chi connectivity index (χ2n) is 6.50. The largest absolute Gasteiger partial charge is 0.468 e. The molecule has 1 unspecified atom stereocenters. The maximum absolute atomic E-state index is 12.9. The summed E-state index contributed by atoms with van der Waals surface area (Å²) in [5.41, 5.74) is 0.238. The number of Topliss-reactive ketones (excluding diaryl/α,β-unsaturated/α-hetero) is 1. The molecule has 1 N–H and O–H groups in total. The molecule has 1 aliphatic rings. The van der Waals surface area contributed by atoms with E-state index in [0.29, 0.717) is 16.8 Å². The maximum atomic E-state index is 12.9. The van der Waals surface area contributed by atoms with Crippen molar-refractivity contribution in [3.63, 3.8) is 0 Å². The number of hydrogen-bond acceptors (Lipinski definition) is 5. The standard InChI is InChI=1S/C21H21NO5/c1-3-14-8-10-15(11-9-14)18(23)12-21(26)16-6-4-5-7-17(16)22(20(21)25)13-19(24)27-2/h4-11,26H,3,12-13H2,1-2H3. The van der Waals surface area contributed by atoms with Crippen LogP contribution < -0.4 is 4.90 Å². The first-order valence-corrected chi connectivity index (χ1v) is 8.73. The van der Waals surface area contributed by atoms with Crippen LogP contribution in [0.2, 0.25) is 0 Å². The van der Waals surface area contributed by atoms with Crippen LogP contribution in [0, 0.1) is 0 Å². The van der Waals surface area contributed by atoms with Crippen LogP contribution in [0.15, 0.2) is 48.5 Å². The number of nitrogens with zero attached hydrogens (tertiary/aromatic N) is 1. The summed E-state index contributed by atoms with van der Waals surface area (Å²) in [7, 11) is 1.23. The molecule has 2 aromatic carbocycles. The van der Waals surface area contributed by atoms with E-state index in [0.717, 1.165) is 16.9 Å². The highest BCUT2D eigenvalue weighted by Gasteiger charge is 2.51. The van der Waals surface area contributed by atoms with Crippen LogP contribution in [-0.2, 0) is 26.3 Å². The number of amides is 1. The molecule has 1 amide bonds. The minimum Gasteiger partial charge on any atom is -0.468 e. The van der Waals surface area contributed by atoms with E-state index in [2.05, 4.69) is 4.74 Å². The van der Waals surface area contributed by atoms with Crippen molar-refractivity contribution in [2.24, 2.45) is 0 Å². The number of aliphatic hydroxyl groups is 1. The summed E-state index contributed by atoms with van der Waals surface area (Å²) in [6, 6.07) is 13.7. The highest BCUT2D eigenvalue weighted by molar-refractivity contribution is 6.12. The van der Waals surface area contributed by atoms with E-state index in [9.17, 15) is 19.5 Å². The van der Waals surface area contributed by atoms with E-state index in [1.54, 1.807) is 36.4 Å². The van der Waals surface area contributed by atoms with Crippen LogP contribution in [0.4, 0.5) is 5.69 Å². The molecule has 0 saturated carbocycles. The molecule has 27 heavy (non-hydrogen) atoms. The number of esters is 1. The lowest BCUT2D eigenvalue weighted by molar-refractivity contribution is -0.142. The number of carbonyl (C=O) groups is 3. The van der Waals surface area contributed by atoms with Gasteiger partial charge >= 0.3 is 5.97 Å². The lowest BCUT2D eigenvalue weighted by atomic mass is 9.88. The fourth-order valence-corrected chi connectivity index (χ4v) is 3.29. The number of methoxy groups -OCH3 is 1. The number of fused-ring (bicyclic) bond motifs is 1. The van der Waals surface area contributed by atoms with Gasteiger partial charge in [0.05, 0.1) is 19.2 Å². The molecular formula is C21H21NO5. The van der Waals surface area contributed by atoms with E-state index < -0.39 is 23.9 Å². The highest BCUT2D eigenvalue weighted by Crippen LogP contribution is 2.42. The third-order valence-electron chi connectivity index (χ3n) is 4.85. The van der Waals surface area contributed by atoms with E-state index in [4.69, 9.17) is 0 Å². The zero-order chi connectivity index (χ0) is 19.6. The first-order valence-electron chi connectivity index (χ1n) is 8.73. The Hall–Kier alpha value is -2.99. The van der Waals surface area contributed by atoms with E-state index in [1.165, 1.54) is 7.11 Å². The molecule has 0 bridgehead atoms. The smallest absolute Gasteiger partial charge is 0.325 e. The van der Waals surface area contributed by atoms with E-state index in [1.807, 2.05) is 19.1 Å². The molecule has 1 heterocycles. The number of para-hydroxylation sites is 1. The van der Waals surface area contributed by atoms with Gasteiger partial charge in [-0.05, 0) is 18.1 Å². The Balaban J connectivity index is 1.92. The van der Waals surface area contributed by atoms with Gasteiger partial charge in [0, 0.05) is 11.1 Å². The van der Waals surface area contributed by atoms with Crippen LogP contribution in [0.1, 0.15) is 34.8 Å². The molecule has 0 radical (unpaired) electrons. The van der Waals surface area contributed by atoms with Crippen LogP contribution >= 0.6 is 0 Å². The number of ether oxygens (including phenoxy) is 1. The molecule has 3 rings (SSSR count). The topological polar surface area (TPSA) is 83.9 Å². The van der Waals surface area contributed by atoms with Crippen molar-refractivity contribution >= 4 is 23.3 Å². The van der Waals surface area contributed by atoms with Gasteiger partial charge in [0.25, 0.3) is 5.91 Å². The number of aryl methyl sites for hydroxylation is 1. The quantitative estimate of drug-likeness (QED) is 0.625. The van der Waals surface area contributed by atoms with Crippen LogP contribution in [0.5, 0.6) is 0 Å². The van der Waals surface area contributed by atoms with Crippen molar-refractivity contribution < 1.29 is 24.2 Å². The van der Waals surface area contributed by atoms with E-state index >= 15 is 0 Å². The highest BCUT2D eigenvalue weighted by atomic mass is 16.5. The Bertz CT molecular complexity index is 890. The van der Waals surface area contributed by atoms with Crippen molar-refractivity contribution in [2.45, 2.75) is 25.4 Å². The molecule has 1 atom stereocenters. The zero-order valence-corrected chi connectivity index (χ0v) is 15.3. The summed E-state index contributed by atoms with van der Waals surface area (Å²) < 4.78 is 4.63. The Morgan fingerprint density at radius 3 is 2.41 bits per heavy atom. The summed E-state index contributed by atoms with van der Waals surface area (Å²) in [4.78, 5) is 38.5. The predicted molar refractivity (Wildman–Crippen MR) is 99.5 cm³/mol. The molecular weight excluding hydrogens is 346 g/mol. The summed E-state index contributed by atoms with van der Waals surface area (Å²) in [5.74, 6) is -1.65. The van der Waals surface area contributed by atoms with Gasteiger partial charge in [0.15, 0.2) is 11.4 Å². The lowest BCUT2D eigenvalue weighted by Gasteiger charge is -2.22. The number of hydrogen-bond donors (Lipinski definition) is 1. The average Bonchev–Trinajstić information content (AvgIpc) is 2.90. The van der Waals surface area contributed by atoms with Crippen molar-refractivity contribution in [1.82, 2.24) is 0 Å². The molecule has 0 spiro atoms. The van der Waals surface area contributed by atoms with Crippen LogP contribution in [-0.4, -0.2) is 36.4 Å². The number of rotatable bonds is 6. The number of benzene rings is 2. The lowest BCUT2D eigenvalue weighted by Crippen LogP contribution is -2.43. The summed E-state index contributed by atoms with van der Waals surface area (Å²) >= 11 is 0. The van der Waals surface area contributed by atoms with Crippen LogP contribution in [0.25, 0.3) is 0 Å². The minimum atomic E-state index is -2.01. The molecule has 0 aromatic heterocycles.